The van der Waals surface area contributed by atoms with Crippen molar-refractivity contribution in [2.45, 2.75) is 50.3 Å². The fourth-order valence-electron chi connectivity index (χ4n) is 4.03. The summed E-state index contributed by atoms with van der Waals surface area (Å²) in [5.74, 6) is -0.458. The third-order valence-corrected chi connectivity index (χ3v) is 7.65. The van der Waals surface area contributed by atoms with Crippen LogP contribution in [-0.2, 0) is 25.0 Å². The zero-order chi connectivity index (χ0) is 20.7. The molecule has 0 unspecified atom stereocenters. The maximum absolute atomic E-state index is 13.2. The van der Waals surface area contributed by atoms with Crippen molar-refractivity contribution in [1.82, 2.24) is 9.62 Å². The Hall–Kier alpha value is -1.93. The molecule has 1 aromatic rings. The number of fused-ring (bicyclic) bond motifs is 1. The lowest BCUT2D eigenvalue weighted by molar-refractivity contribution is -0.126. The van der Waals surface area contributed by atoms with Crippen LogP contribution in [-0.4, -0.2) is 51.2 Å². The number of carbonyl (C=O) groups is 2. The monoisotopic (exact) mass is 407 g/mol. The summed E-state index contributed by atoms with van der Waals surface area (Å²) in [6.07, 6.45) is 2.19. The molecule has 7 nitrogen and oxygen atoms in total. The number of benzene rings is 1. The average Bonchev–Trinajstić information content (AvgIpc) is 2.86. The Morgan fingerprint density at radius 1 is 1.32 bits per heavy atom. The van der Waals surface area contributed by atoms with Gasteiger partial charge < -0.3 is 10.2 Å². The van der Waals surface area contributed by atoms with Crippen molar-refractivity contribution in [3.8, 4) is 0 Å². The standard InChI is InChI=1S/C20H29N3O4S/c1-5-10-21-18(24)14-7-6-11-23(13-14)28(26,27)15-8-9-17-16(12-15)20(2,3)19(25)22(17)4/h8-9,12,14H,5-7,10-11,13H2,1-4H3,(H,21,24)/t14-/m0/s1. The molecular formula is C20H29N3O4S. The Labute approximate surface area is 167 Å². The summed E-state index contributed by atoms with van der Waals surface area (Å²) in [7, 11) is -2.03. The highest BCUT2D eigenvalue weighted by Gasteiger charge is 2.43. The first kappa shape index (κ1) is 20.8. The molecule has 2 aliphatic heterocycles. The molecule has 0 aliphatic carbocycles. The Balaban J connectivity index is 1.87. The van der Waals surface area contributed by atoms with E-state index in [0.29, 0.717) is 25.9 Å². The van der Waals surface area contributed by atoms with Crippen LogP contribution in [0.5, 0.6) is 0 Å². The van der Waals surface area contributed by atoms with E-state index >= 15 is 0 Å². The maximum Gasteiger partial charge on any atom is 0.243 e. The molecule has 8 heteroatoms. The van der Waals surface area contributed by atoms with E-state index in [9.17, 15) is 18.0 Å². The molecule has 154 valence electrons. The van der Waals surface area contributed by atoms with Gasteiger partial charge in [0.25, 0.3) is 0 Å². The second-order valence-electron chi connectivity index (χ2n) is 8.16. The lowest BCUT2D eigenvalue weighted by Gasteiger charge is -2.31. The summed E-state index contributed by atoms with van der Waals surface area (Å²) in [4.78, 5) is 26.5. The average molecular weight is 408 g/mol. The van der Waals surface area contributed by atoms with Crippen molar-refractivity contribution in [3.63, 3.8) is 0 Å². The van der Waals surface area contributed by atoms with Crippen molar-refractivity contribution in [2.24, 2.45) is 5.92 Å². The first-order chi connectivity index (χ1) is 13.1. The smallest absolute Gasteiger partial charge is 0.243 e. The normalized spacial score (nSPS) is 22.2. The molecule has 1 saturated heterocycles. The number of amides is 2. The van der Waals surface area contributed by atoms with Gasteiger partial charge in [0.15, 0.2) is 0 Å². The second-order valence-corrected chi connectivity index (χ2v) is 10.1. The van der Waals surface area contributed by atoms with Gasteiger partial charge in [-0.25, -0.2) is 8.42 Å². The largest absolute Gasteiger partial charge is 0.356 e. The summed E-state index contributed by atoms with van der Waals surface area (Å²) < 4.78 is 27.9. The number of hydrogen-bond donors (Lipinski definition) is 1. The number of carbonyl (C=O) groups excluding carboxylic acids is 2. The summed E-state index contributed by atoms with van der Waals surface area (Å²) in [5.41, 5.74) is 0.694. The van der Waals surface area contributed by atoms with Crippen LogP contribution in [0.3, 0.4) is 0 Å². The fourth-order valence-corrected chi connectivity index (χ4v) is 5.58. The number of sulfonamides is 1. The van der Waals surface area contributed by atoms with E-state index in [0.717, 1.165) is 17.7 Å². The van der Waals surface area contributed by atoms with Gasteiger partial charge in [-0.15, -0.1) is 0 Å². The molecule has 2 heterocycles. The Bertz CT molecular complexity index is 895. The molecule has 2 aliphatic rings. The van der Waals surface area contributed by atoms with Gasteiger partial charge in [0, 0.05) is 32.4 Å². The lowest BCUT2D eigenvalue weighted by Crippen LogP contribution is -2.45. The van der Waals surface area contributed by atoms with E-state index in [1.54, 1.807) is 30.1 Å². The van der Waals surface area contributed by atoms with Crippen LogP contribution in [0.1, 0.15) is 45.6 Å². The molecule has 1 atom stereocenters. The summed E-state index contributed by atoms with van der Waals surface area (Å²) in [6.45, 7) is 6.79. The summed E-state index contributed by atoms with van der Waals surface area (Å²) in [5, 5.41) is 2.86. The van der Waals surface area contributed by atoms with Gasteiger partial charge in [0.1, 0.15) is 0 Å². The minimum absolute atomic E-state index is 0.0531. The molecular weight excluding hydrogens is 378 g/mol. The zero-order valence-electron chi connectivity index (χ0n) is 17.0. The second kappa shape index (κ2) is 7.48. The van der Waals surface area contributed by atoms with Crippen LogP contribution in [0.2, 0.25) is 0 Å². The summed E-state index contributed by atoms with van der Waals surface area (Å²) in [6, 6.07) is 4.87. The van der Waals surface area contributed by atoms with Crippen LogP contribution < -0.4 is 10.2 Å². The molecule has 0 saturated carbocycles. The number of nitrogens with zero attached hydrogens (tertiary/aromatic N) is 2. The van der Waals surface area contributed by atoms with E-state index in [-0.39, 0.29) is 29.2 Å². The fraction of sp³-hybridized carbons (Fsp3) is 0.600. The molecule has 2 amide bonds. The van der Waals surface area contributed by atoms with Crippen LogP contribution in [0.25, 0.3) is 0 Å². The Kier molecular flexibility index (Phi) is 5.55. The van der Waals surface area contributed by atoms with E-state index in [2.05, 4.69) is 5.32 Å². The quantitative estimate of drug-likeness (QED) is 0.807. The van der Waals surface area contributed by atoms with E-state index < -0.39 is 15.4 Å². The van der Waals surface area contributed by atoms with E-state index in [1.807, 2.05) is 20.8 Å². The Morgan fingerprint density at radius 2 is 2.04 bits per heavy atom. The summed E-state index contributed by atoms with van der Waals surface area (Å²) >= 11 is 0. The van der Waals surface area contributed by atoms with Crippen LogP contribution in [0, 0.1) is 5.92 Å². The van der Waals surface area contributed by atoms with Crippen LogP contribution in [0.4, 0.5) is 5.69 Å². The zero-order valence-corrected chi connectivity index (χ0v) is 17.8. The highest BCUT2D eigenvalue weighted by atomic mass is 32.2. The number of nitrogens with one attached hydrogen (secondary N) is 1. The predicted molar refractivity (Wildman–Crippen MR) is 108 cm³/mol. The molecule has 1 N–H and O–H groups in total. The van der Waals surface area contributed by atoms with Gasteiger partial charge in [-0.05, 0) is 56.9 Å². The van der Waals surface area contributed by atoms with Gasteiger partial charge in [-0.2, -0.15) is 4.31 Å². The molecule has 0 bridgehead atoms. The molecule has 1 fully saturated rings. The third kappa shape index (κ3) is 3.43. The SMILES string of the molecule is CCCNC(=O)[C@H]1CCCN(S(=O)(=O)c2ccc3c(c2)C(C)(C)C(=O)N3C)C1. The molecule has 0 spiro atoms. The number of anilines is 1. The maximum atomic E-state index is 13.2. The lowest BCUT2D eigenvalue weighted by atomic mass is 9.86. The van der Waals surface area contributed by atoms with Crippen molar-refractivity contribution in [1.29, 1.82) is 0 Å². The molecule has 1 aromatic carbocycles. The molecule has 0 aromatic heterocycles. The first-order valence-corrected chi connectivity index (χ1v) is 11.2. The van der Waals surface area contributed by atoms with Crippen LogP contribution in [0.15, 0.2) is 23.1 Å². The van der Waals surface area contributed by atoms with E-state index in [1.165, 1.54) is 4.31 Å². The van der Waals surface area contributed by atoms with Crippen molar-refractivity contribution in [2.75, 3.05) is 31.6 Å². The van der Waals surface area contributed by atoms with E-state index in [4.69, 9.17) is 0 Å². The van der Waals surface area contributed by atoms with Gasteiger partial charge in [0.05, 0.1) is 16.2 Å². The predicted octanol–water partition coefficient (Wildman–Crippen LogP) is 1.87. The number of likely N-dealkylation sites (N-methyl/N-ethyl adjacent to an activating group) is 1. The minimum Gasteiger partial charge on any atom is -0.356 e. The van der Waals surface area contributed by atoms with Crippen LogP contribution >= 0.6 is 0 Å². The number of rotatable bonds is 5. The van der Waals surface area contributed by atoms with Gasteiger partial charge in [-0.1, -0.05) is 6.92 Å². The van der Waals surface area contributed by atoms with Crippen molar-refractivity contribution >= 4 is 27.5 Å². The van der Waals surface area contributed by atoms with Gasteiger partial charge in [0.2, 0.25) is 21.8 Å². The first-order valence-electron chi connectivity index (χ1n) is 9.81. The molecule has 28 heavy (non-hydrogen) atoms. The number of hydrogen-bond acceptors (Lipinski definition) is 4. The minimum atomic E-state index is -3.73. The Morgan fingerprint density at radius 3 is 2.71 bits per heavy atom. The third-order valence-electron chi connectivity index (χ3n) is 5.78. The van der Waals surface area contributed by atoms with Crippen molar-refractivity contribution < 1.29 is 18.0 Å². The number of piperidine rings is 1. The molecule has 0 radical (unpaired) electrons. The van der Waals surface area contributed by atoms with Crippen molar-refractivity contribution in [3.05, 3.63) is 23.8 Å². The van der Waals surface area contributed by atoms with Gasteiger partial charge in [-0.3, -0.25) is 9.59 Å². The highest BCUT2D eigenvalue weighted by Crippen LogP contribution is 2.42. The van der Waals surface area contributed by atoms with Gasteiger partial charge >= 0.3 is 0 Å². The topological polar surface area (TPSA) is 86.8 Å². The molecule has 3 rings (SSSR count). The highest BCUT2D eigenvalue weighted by molar-refractivity contribution is 7.89.